The summed E-state index contributed by atoms with van der Waals surface area (Å²) in [7, 11) is 3.70. The maximum absolute atomic E-state index is 12.9. The van der Waals surface area contributed by atoms with Crippen LogP contribution in [0.1, 0.15) is 49.8 Å². The van der Waals surface area contributed by atoms with Gasteiger partial charge in [0.05, 0.1) is 31.2 Å². The third-order valence-electron chi connectivity index (χ3n) is 6.72. The molecule has 1 amide bonds. The lowest BCUT2D eigenvalue weighted by Crippen LogP contribution is -2.47. The van der Waals surface area contributed by atoms with E-state index in [1.54, 1.807) is 4.90 Å². The first-order valence-corrected chi connectivity index (χ1v) is 12.1. The fourth-order valence-corrected chi connectivity index (χ4v) is 4.87. The summed E-state index contributed by atoms with van der Waals surface area (Å²) >= 11 is 0. The first-order valence-electron chi connectivity index (χ1n) is 12.1. The average molecular weight is 444 g/mol. The zero-order valence-corrected chi connectivity index (χ0v) is 20.3. The van der Waals surface area contributed by atoms with Gasteiger partial charge >= 0.3 is 0 Å². The number of nitrogens with zero attached hydrogens (tertiary/aromatic N) is 3. The van der Waals surface area contributed by atoms with Crippen LogP contribution >= 0.6 is 0 Å². The van der Waals surface area contributed by atoms with Crippen molar-refractivity contribution in [3.8, 4) is 0 Å². The second-order valence-corrected chi connectivity index (χ2v) is 9.34. The summed E-state index contributed by atoms with van der Waals surface area (Å²) < 4.78 is 5.58. The molecule has 32 heavy (non-hydrogen) atoms. The number of carbonyl (C=O) groups is 1. The molecule has 0 bridgehead atoms. The van der Waals surface area contributed by atoms with Gasteiger partial charge in [0.1, 0.15) is 0 Å². The highest BCUT2D eigenvalue weighted by Crippen LogP contribution is 2.39. The zero-order chi connectivity index (χ0) is 23.0. The summed E-state index contributed by atoms with van der Waals surface area (Å²) in [6, 6.07) is 9.05. The van der Waals surface area contributed by atoms with Gasteiger partial charge in [0.25, 0.3) is 0 Å². The number of nitrogens with one attached hydrogen (secondary N) is 2. The van der Waals surface area contributed by atoms with E-state index in [-0.39, 0.29) is 17.4 Å². The Morgan fingerprint density at radius 1 is 1.16 bits per heavy atom. The molecule has 1 saturated heterocycles. The van der Waals surface area contributed by atoms with Gasteiger partial charge in [0.15, 0.2) is 5.96 Å². The summed E-state index contributed by atoms with van der Waals surface area (Å²) in [5.41, 5.74) is 2.22. The maximum Gasteiger partial charge on any atom is 0.230 e. The highest BCUT2D eigenvalue weighted by molar-refractivity contribution is 5.84. The zero-order valence-electron chi connectivity index (χ0n) is 20.3. The van der Waals surface area contributed by atoms with E-state index in [0.717, 1.165) is 71.0 Å². The molecule has 1 aliphatic heterocycles. The molecule has 0 aromatic heterocycles. The average Bonchev–Trinajstić information content (AvgIpc) is 3.29. The van der Waals surface area contributed by atoms with Gasteiger partial charge in [-0.25, -0.2) is 0 Å². The van der Waals surface area contributed by atoms with Crippen LogP contribution in [0.5, 0.6) is 0 Å². The number of hydrogen-bond acceptors (Lipinski definition) is 4. The van der Waals surface area contributed by atoms with Crippen LogP contribution in [0.3, 0.4) is 0 Å². The standard InChI is InChI=1S/C25H41N5O2/c1-5-26-24(28-19-25(12-6-7-13-25)23(31)29(3)4)27-18-22(30-14-16-32-17-15-30)21-10-8-20(2)9-11-21/h8-11,22H,5-7,12-19H2,1-4H3,(H2,26,27,28). The van der Waals surface area contributed by atoms with E-state index in [9.17, 15) is 4.79 Å². The molecule has 0 spiro atoms. The van der Waals surface area contributed by atoms with Crippen LogP contribution in [-0.4, -0.2) is 81.7 Å². The molecule has 1 heterocycles. The molecule has 1 saturated carbocycles. The second kappa shape index (κ2) is 11.7. The molecule has 0 radical (unpaired) electrons. The van der Waals surface area contributed by atoms with Gasteiger partial charge in [-0.2, -0.15) is 0 Å². The predicted molar refractivity (Wildman–Crippen MR) is 130 cm³/mol. The summed E-state index contributed by atoms with van der Waals surface area (Å²) in [5, 5.41) is 6.95. The molecule has 2 N–H and O–H groups in total. The normalized spacial score (nSPS) is 20.1. The van der Waals surface area contributed by atoms with Gasteiger partial charge in [-0.15, -0.1) is 0 Å². The predicted octanol–water partition coefficient (Wildman–Crippen LogP) is 2.57. The Hall–Kier alpha value is -2.12. The van der Waals surface area contributed by atoms with Gasteiger partial charge in [-0.1, -0.05) is 42.7 Å². The molecule has 3 rings (SSSR count). The number of ether oxygens (including phenoxy) is 1. The molecule has 1 aromatic carbocycles. The molecule has 2 aliphatic rings. The van der Waals surface area contributed by atoms with Crippen molar-refractivity contribution in [1.82, 2.24) is 20.4 Å². The Kier molecular flexibility index (Phi) is 8.93. The number of rotatable bonds is 8. The summed E-state index contributed by atoms with van der Waals surface area (Å²) in [4.78, 5) is 22.0. The Morgan fingerprint density at radius 2 is 1.81 bits per heavy atom. The molecule has 7 nitrogen and oxygen atoms in total. The summed E-state index contributed by atoms with van der Waals surface area (Å²) in [6.07, 6.45) is 4.05. The van der Waals surface area contributed by atoms with E-state index in [1.807, 2.05) is 14.1 Å². The molecule has 1 unspecified atom stereocenters. The van der Waals surface area contributed by atoms with Gasteiger partial charge in [0, 0.05) is 40.3 Å². The largest absolute Gasteiger partial charge is 0.379 e. The molecule has 2 fully saturated rings. The lowest BCUT2D eigenvalue weighted by Gasteiger charge is -2.35. The first kappa shape index (κ1) is 24.5. The fraction of sp³-hybridized carbons (Fsp3) is 0.680. The molecule has 1 aliphatic carbocycles. The number of guanidine groups is 1. The number of hydrogen-bond donors (Lipinski definition) is 2. The number of carbonyl (C=O) groups excluding carboxylic acids is 1. The lowest BCUT2D eigenvalue weighted by molar-refractivity contribution is -0.138. The van der Waals surface area contributed by atoms with Crippen LogP contribution in [0, 0.1) is 12.3 Å². The number of benzene rings is 1. The van der Waals surface area contributed by atoms with E-state index >= 15 is 0 Å². The highest BCUT2D eigenvalue weighted by Gasteiger charge is 2.42. The number of aryl methyl sites for hydroxylation is 1. The molecule has 7 heteroatoms. The molecule has 1 aromatic rings. The van der Waals surface area contributed by atoms with Crippen molar-refractivity contribution in [2.45, 2.75) is 45.6 Å². The van der Waals surface area contributed by atoms with Crippen molar-refractivity contribution < 1.29 is 9.53 Å². The SMILES string of the molecule is CCNC(=NCC1(C(=O)N(C)C)CCCC1)NCC(c1ccc(C)cc1)N1CCOCC1. The maximum atomic E-state index is 12.9. The van der Waals surface area contributed by atoms with Crippen molar-refractivity contribution in [2.24, 2.45) is 10.4 Å². The van der Waals surface area contributed by atoms with Crippen LogP contribution in [0.15, 0.2) is 29.3 Å². The van der Waals surface area contributed by atoms with Crippen molar-refractivity contribution in [3.05, 3.63) is 35.4 Å². The third-order valence-corrected chi connectivity index (χ3v) is 6.72. The topological polar surface area (TPSA) is 69.2 Å². The Morgan fingerprint density at radius 3 is 2.41 bits per heavy atom. The minimum absolute atomic E-state index is 0.209. The smallest absolute Gasteiger partial charge is 0.230 e. The Labute approximate surface area is 193 Å². The van der Waals surface area contributed by atoms with Crippen LogP contribution in [0.4, 0.5) is 0 Å². The van der Waals surface area contributed by atoms with Crippen LogP contribution in [0.2, 0.25) is 0 Å². The number of morpholine rings is 1. The van der Waals surface area contributed by atoms with Gasteiger partial charge in [-0.3, -0.25) is 14.7 Å². The monoisotopic (exact) mass is 443 g/mol. The fourth-order valence-electron chi connectivity index (χ4n) is 4.87. The first-order chi connectivity index (χ1) is 15.4. The molecule has 1 atom stereocenters. The highest BCUT2D eigenvalue weighted by atomic mass is 16.5. The Balaban J connectivity index is 1.73. The van der Waals surface area contributed by atoms with Crippen molar-refractivity contribution in [2.75, 3.05) is 60.0 Å². The van der Waals surface area contributed by atoms with Gasteiger partial charge in [-0.05, 0) is 32.3 Å². The molecular weight excluding hydrogens is 402 g/mol. The van der Waals surface area contributed by atoms with E-state index < -0.39 is 0 Å². The summed E-state index contributed by atoms with van der Waals surface area (Å²) in [6.45, 7) is 9.66. The minimum atomic E-state index is -0.355. The van der Waals surface area contributed by atoms with E-state index in [2.05, 4.69) is 53.6 Å². The Bertz CT molecular complexity index is 750. The van der Waals surface area contributed by atoms with Crippen LogP contribution in [-0.2, 0) is 9.53 Å². The summed E-state index contributed by atoms with van der Waals surface area (Å²) in [5.74, 6) is 0.996. The van der Waals surface area contributed by atoms with E-state index in [0.29, 0.717) is 6.54 Å². The molecular formula is C25H41N5O2. The van der Waals surface area contributed by atoms with Crippen LogP contribution in [0.25, 0.3) is 0 Å². The lowest BCUT2D eigenvalue weighted by atomic mass is 9.85. The second-order valence-electron chi connectivity index (χ2n) is 9.34. The molecule has 178 valence electrons. The van der Waals surface area contributed by atoms with E-state index in [4.69, 9.17) is 9.73 Å². The number of aliphatic imine (C=N–C) groups is 1. The van der Waals surface area contributed by atoms with Gasteiger partial charge < -0.3 is 20.3 Å². The van der Waals surface area contributed by atoms with Crippen LogP contribution < -0.4 is 10.6 Å². The van der Waals surface area contributed by atoms with Gasteiger partial charge in [0.2, 0.25) is 5.91 Å². The minimum Gasteiger partial charge on any atom is -0.379 e. The third kappa shape index (κ3) is 6.23. The van der Waals surface area contributed by atoms with Crippen molar-refractivity contribution in [1.29, 1.82) is 0 Å². The van der Waals surface area contributed by atoms with Crippen molar-refractivity contribution >= 4 is 11.9 Å². The number of amides is 1. The quantitative estimate of drug-likeness (QED) is 0.477. The van der Waals surface area contributed by atoms with E-state index in [1.165, 1.54) is 11.1 Å². The van der Waals surface area contributed by atoms with Crippen molar-refractivity contribution in [3.63, 3.8) is 0 Å².